The van der Waals surface area contributed by atoms with E-state index in [0.29, 0.717) is 31.6 Å². The number of furan rings is 1. The molecular weight excluding hydrogens is 384 g/mol. The summed E-state index contributed by atoms with van der Waals surface area (Å²) in [6.07, 6.45) is 7.61. The lowest BCUT2D eigenvalue weighted by Gasteiger charge is -2.35. The quantitative estimate of drug-likeness (QED) is 0.657. The first-order chi connectivity index (χ1) is 14.8. The SMILES string of the molecule is O=c1cc2c(nn1CCN1CCCCC1CNc1nncc3ccoc13)CCOC2. The van der Waals surface area contributed by atoms with Crippen LogP contribution >= 0.6 is 0 Å². The maximum Gasteiger partial charge on any atom is 0.267 e. The minimum absolute atomic E-state index is 0.0503. The molecule has 1 saturated heterocycles. The molecule has 0 amide bonds. The van der Waals surface area contributed by atoms with Crippen LogP contribution < -0.4 is 10.9 Å². The molecule has 3 aromatic rings. The molecule has 5 heterocycles. The first-order valence-electron chi connectivity index (χ1n) is 10.6. The Morgan fingerprint density at radius 3 is 3.20 bits per heavy atom. The highest BCUT2D eigenvalue weighted by molar-refractivity contribution is 5.85. The van der Waals surface area contributed by atoms with E-state index in [4.69, 9.17) is 9.15 Å². The van der Waals surface area contributed by atoms with Crippen molar-refractivity contribution in [3.8, 4) is 0 Å². The molecule has 30 heavy (non-hydrogen) atoms. The van der Waals surface area contributed by atoms with Crippen molar-refractivity contribution in [1.29, 1.82) is 0 Å². The molecule has 9 heteroatoms. The number of hydrogen-bond donors (Lipinski definition) is 1. The lowest BCUT2D eigenvalue weighted by atomic mass is 10.0. The summed E-state index contributed by atoms with van der Waals surface area (Å²) in [5.74, 6) is 0.679. The Balaban J connectivity index is 1.24. The first kappa shape index (κ1) is 19.2. The van der Waals surface area contributed by atoms with Gasteiger partial charge in [0.1, 0.15) is 0 Å². The van der Waals surface area contributed by atoms with Gasteiger partial charge in [-0.05, 0) is 25.5 Å². The number of hydrogen-bond acceptors (Lipinski definition) is 8. The summed E-state index contributed by atoms with van der Waals surface area (Å²) in [5.41, 5.74) is 2.60. The van der Waals surface area contributed by atoms with Crippen LogP contribution in [0, 0.1) is 0 Å². The molecule has 1 fully saturated rings. The molecule has 0 aromatic carbocycles. The van der Waals surface area contributed by atoms with Gasteiger partial charge < -0.3 is 14.5 Å². The van der Waals surface area contributed by atoms with Gasteiger partial charge in [0, 0.05) is 42.6 Å². The Bertz CT molecular complexity index is 1080. The van der Waals surface area contributed by atoms with Gasteiger partial charge in [-0.2, -0.15) is 10.2 Å². The van der Waals surface area contributed by atoms with Gasteiger partial charge in [-0.25, -0.2) is 4.68 Å². The maximum absolute atomic E-state index is 12.4. The Morgan fingerprint density at radius 2 is 2.23 bits per heavy atom. The lowest BCUT2D eigenvalue weighted by Crippen LogP contribution is -2.46. The van der Waals surface area contributed by atoms with Gasteiger partial charge in [-0.3, -0.25) is 9.69 Å². The highest BCUT2D eigenvalue weighted by Gasteiger charge is 2.23. The molecule has 0 aliphatic carbocycles. The monoisotopic (exact) mass is 410 g/mol. The van der Waals surface area contributed by atoms with E-state index in [2.05, 4.69) is 25.5 Å². The van der Waals surface area contributed by atoms with Crippen molar-refractivity contribution in [2.24, 2.45) is 0 Å². The van der Waals surface area contributed by atoms with Gasteiger partial charge in [0.2, 0.25) is 0 Å². The summed E-state index contributed by atoms with van der Waals surface area (Å²) >= 11 is 0. The lowest BCUT2D eigenvalue weighted by molar-refractivity contribution is 0.107. The number of rotatable bonds is 6. The van der Waals surface area contributed by atoms with Crippen LogP contribution in [0.15, 0.2) is 33.8 Å². The second kappa shape index (κ2) is 8.53. The van der Waals surface area contributed by atoms with Gasteiger partial charge in [-0.15, -0.1) is 5.10 Å². The fourth-order valence-corrected chi connectivity index (χ4v) is 4.36. The fraction of sp³-hybridized carbons (Fsp3) is 0.524. The summed E-state index contributed by atoms with van der Waals surface area (Å²) in [5, 5.41) is 17.2. The third kappa shape index (κ3) is 3.95. The van der Waals surface area contributed by atoms with Crippen molar-refractivity contribution < 1.29 is 9.15 Å². The number of likely N-dealkylation sites (tertiary alicyclic amines) is 1. The molecule has 0 saturated carbocycles. The summed E-state index contributed by atoms with van der Waals surface area (Å²) in [7, 11) is 0. The first-order valence-corrected chi connectivity index (χ1v) is 10.6. The fourth-order valence-electron chi connectivity index (χ4n) is 4.36. The molecule has 1 unspecified atom stereocenters. The van der Waals surface area contributed by atoms with Crippen LogP contribution in [0.3, 0.4) is 0 Å². The van der Waals surface area contributed by atoms with Crippen LogP contribution in [-0.4, -0.2) is 57.2 Å². The van der Waals surface area contributed by atoms with Gasteiger partial charge in [0.25, 0.3) is 5.56 Å². The van der Waals surface area contributed by atoms with Gasteiger partial charge >= 0.3 is 0 Å². The van der Waals surface area contributed by atoms with Crippen LogP contribution in [0.2, 0.25) is 0 Å². The number of nitrogens with one attached hydrogen (secondary N) is 1. The summed E-state index contributed by atoms with van der Waals surface area (Å²) < 4.78 is 12.6. The number of piperidine rings is 1. The molecule has 158 valence electrons. The number of nitrogens with zero attached hydrogens (tertiary/aromatic N) is 5. The third-order valence-electron chi connectivity index (χ3n) is 6.02. The van der Waals surface area contributed by atoms with Crippen LogP contribution in [0.1, 0.15) is 30.5 Å². The van der Waals surface area contributed by atoms with Crippen LogP contribution in [-0.2, 0) is 24.3 Å². The second-order valence-corrected chi connectivity index (χ2v) is 7.94. The smallest absolute Gasteiger partial charge is 0.267 e. The number of anilines is 1. The summed E-state index contributed by atoms with van der Waals surface area (Å²) in [6, 6.07) is 3.93. The molecule has 3 aromatic heterocycles. The van der Waals surface area contributed by atoms with Crippen molar-refractivity contribution in [3.05, 3.63) is 46.2 Å². The minimum Gasteiger partial charge on any atom is -0.460 e. The van der Waals surface area contributed by atoms with Gasteiger partial charge in [0.15, 0.2) is 11.4 Å². The minimum atomic E-state index is -0.0503. The predicted octanol–water partition coefficient (Wildman–Crippen LogP) is 1.82. The molecule has 1 N–H and O–H groups in total. The Kier molecular flexibility index (Phi) is 5.46. The van der Waals surface area contributed by atoms with Gasteiger partial charge in [-0.1, -0.05) is 6.42 Å². The molecular formula is C21H26N6O3. The molecule has 0 bridgehead atoms. The van der Waals surface area contributed by atoms with Crippen molar-refractivity contribution in [2.45, 2.75) is 44.9 Å². The van der Waals surface area contributed by atoms with Crippen molar-refractivity contribution in [1.82, 2.24) is 24.9 Å². The van der Waals surface area contributed by atoms with Crippen molar-refractivity contribution in [3.63, 3.8) is 0 Å². The van der Waals surface area contributed by atoms with E-state index in [0.717, 1.165) is 54.7 Å². The summed E-state index contributed by atoms with van der Waals surface area (Å²) in [4.78, 5) is 14.9. The van der Waals surface area contributed by atoms with Crippen molar-refractivity contribution in [2.75, 3.05) is 31.6 Å². The molecule has 2 aliphatic heterocycles. The van der Waals surface area contributed by atoms with E-state index < -0.39 is 0 Å². The largest absolute Gasteiger partial charge is 0.460 e. The predicted molar refractivity (Wildman–Crippen MR) is 111 cm³/mol. The normalized spacial score (nSPS) is 19.7. The Hall–Kier alpha value is -2.78. The van der Waals surface area contributed by atoms with Crippen molar-refractivity contribution >= 4 is 16.8 Å². The van der Waals surface area contributed by atoms with Gasteiger partial charge in [0.05, 0.1) is 37.9 Å². The average molecular weight is 410 g/mol. The zero-order chi connectivity index (χ0) is 20.3. The van der Waals surface area contributed by atoms with E-state index in [1.54, 1.807) is 23.2 Å². The van der Waals surface area contributed by atoms with E-state index in [1.165, 1.54) is 12.8 Å². The van der Waals surface area contributed by atoms with E-state index in [-0.39, 0.29) is 5.56 Å². The number of fused-ring (bicyclic) bond motifs is 2. The average Bonchev–Trinajstić information content (AvgIpc) is 3.26. The number of aromatic nitrogens is 4. The van der Waals surface area contributed by atoms with Crippen LogP contribution in [0.5, 0.6) is 0 Å². The van der Waals surface area contributed by atoms with E-state index in [1.807, 2.05) is 6.07 Å². The molecule has 1 atom stereocenters. The Labute approximate surface area is 174 Å². The third-order valence-corrected chi connectivity index (χ3v) is 6.02. The van der Waals surface area contributed by atoms with Crippen LogP contribution in [0.25, 0.3) is 11.0 Å². The van der Waals surface area contributed by atoms with E-state index >= 15 is 0 Å². The molecule has 2 aliphatic rings. The molecule has 0 spiro atoms. The topological polar surface area (TPSA) is 98.3 Å². The van der Waals surface area contributed by atoms with Crippen LogP contribution in [0.4, 0.5) is 5.82 Å². The molecule has 0 radical (unpaired) electrons. The highest BCUT2D eigenvalue weighted by Crippen LogP contribution is 2.22. The summed E-state index contributed by atoms with van der Waals surface area (Å²) in [6.45, 7) is 4.34. The highest BCUT2D eigenvalue weighted by atomic mass is 16.5. The molecule has 5 rings (SSSR count). The Morgan fingerprint density at radius 1 is 1.27 bits per heavy atom. The number of ether oxygens (including phenoxy) is 1. The standard InChI is InChI=1S/C21H26N6O3/c28-19-11-16-14-29-9-5-18(16)25-27(19)8-7-26-6-2-1-3-17(26)13-22-21-20-15(4-10-30-20)12-23-24-21/h4,10-12,17H,1-3,5-9,13-14H2,(H,22,24). The molecule has 9 nitrogen and oxygen atoms in total. The zero-order valence-corrected chi connectivity index (χ0v) is 16.9. The van der Waals surface area contributed by atoms with E-state index in [9.17, 15) is 4.79 Å². The second-order valence-electron chi connectivity index (χ2n) is 7.94. The maximum atomic E-state index is 12.4. The zero-order valence-electron chi connectivity index (χ0n) is 16.9.